The summed E-state index contributed by atoms with van der Waals surface area (Å²) in [4.78, 5) is 9.27. The molecule has 0 saturated carbocycles. The molecule has 1 aromatic carbocycles. The van der Waals surface area contributed by atoms with Crippen LogP contribution in [0.25, 0.3) is 22.1 Å². The van der Waals surface area contributed by atoms with Gasteiger partial charge in [-0.05, 0) is 59.0 Å². The Labute approximate surface area is 180 Å². The number of fused-ring (bicyclic) bond motifs is 3. The maximum atomic E-state index is 15.0. The molecule has 29 heavy (non-hydrogen) atoms. The standard InChI is InChI=1S/C22H18BrClFN3O/c23-14-11-18-20(26-12-14)16-5-6-19(24)27-22(16)28(18)21(13-7-9-29-10-8-13)15-3-1-2-4-17(15)25/h1-6,11-13,21H,7-10H2/t21-/m0/s1. The van der Waals surface area contributed by atoms with E-state index >= 15 is 4.39 Å². The number of hydrogen-bond acceptors (Lipinski definition) is 3. The molecule has 7 heteroatoms. The van der Waals surface area contributed by atoms with E-state index < -0.39 is 0 Å². The Bertz CT molecular complexity index is 1150. The van der Waals surface area contributed by atoms with Crippen LogP contribution in [0.1, 0.15) is 24.4 Å². The lowest BCUT2D eigenvalue weighted by Crippen LogP contribution is -2.27. The van der Waals surface area contributed by atoms with Crippen molar-refractivity contribution in [3.63, 3.8) is 0 Å². The highest BCUT2D eigenvalue weighted by atomic mass is 79.9. The third-order valence-electron chi connectivity index (χ3n) is 5.63. The van der Waals surface area contributed by atoms with Crippen LogP contribution in [0.4, 0.5) is 4.39 Å². The molecule has 1 saturated heterocycles. The Morgan fingerprint density at radius 2 is 1.97 bits per heavy atom. The predicted octanol–water partition coefficient (Wildman–Crippen LogP) is 6.16. The van der Waals surface area contributed by atoms with Gasteiger partial charge in [-0.25, -0.2) is 9.37 Å². The van der Waals surface area contributed by atoms with Crippen molar-refractivity contribution >= 4 is 49.6 Å². The van der Waals surface area contributed by atoms with Crippen LogP contribution in [0.15, 0.2) is 53.1 Å². The van der Waals surface area contributed by atoms with Crippen LogP contribution in [0, 0.1) is 11.7 Å². The van der Waals surface area contributed by atoms with E-state index in [4.69, 9.17) is 16.3 Å². The molecule has 0 unspecified atom stereocenters. The molecule has 0 aliphatic carbocycles. The molecule has 4 nitrogen and oxygen atoms in total. The first kappa shape index (κ1) is 19.0. The van der Waals surface area contributed by atoms with E-state index in [-0.39, 0.29) is 17.8 Å². The van der Waals surface area contributed by atoms with Gasteiger partial charge in [-0.2, -0.15) is 0 Å². The van der Waals surface area contributed by atoms with Crippen LogP contribution < -0.4 is 0 Å². The fourth-order valence-corrected chi connectivity index (χ4v) is 4.82. The highest BCUT2D eigenvalue weighted by molar-refractivity contribution is 9.10. The molecule has 1 aliphatic rings. The molecule has 4 heterocycles. The number of aromatic nitrogens is 3. The molecule has 1 aliphatic heterocycles. The first-order valence-corrected chi connectivity index (χ1v) is 10.7. The largest absolute Gasteiger partial charge is 0.381 e. The number of ether oxygens (including phenoxy) is 1. The summed E-state index contributed by atoms with van der Waals surface area (Å²) in [6.45, 7) is 1.34. The highest BCUT2D eigenvalue weighted by Gasteiger charge is 2.32. The van der Waals surface area contributed by atoms with Gasteiger partial charge >= 0.3 is 0 Å². The van der Waals surface area contributed by atoms with Crippen molar-refractivity contribution < 1.29 is 9.13 Å². The molecule has 1 atom stereocenters. The molecule has 5 rings (SSSR count). The van der Waals surface area contributed by atoms with E-state index in [0.717, 1.165) is 39.4 Å². The molecule has 148 valence electrons. The average molecular weight is 475 g/mol. The van der Waals surface area contributed by atoms with Gasteiger partial charge in [-0.1, -0.05) is 29.8 Å². The summed E-state index contributed by atoms with van der Waals surface area (Å²) in [5, 5.41) is 1.31. The normalized spacial score (nSPS) is 16.5. The average Bonchev–Trinajstić information content (AvgIpc) is 3.03. The minimum Gasteiger partial charge on any atom is -0.381 e. The number of hydrogen-bond donors (Lipinski definition) is 0. The van der Waals surface area contributed by atoms with E-state index in [0.29, 0.717) is 23.9 Å². The van der Waals surface area contributed by atoms with Gasteiger partial charge in [-0.3, -0.25) is 4.98 Å². The maximum absolute atomic E-state index is 15.0. The molecular formula is C22H18BrClFN3O. The molecule has 0 amide bonds. The van der Waals surface area contributed by atoms with Gasteiger partial charge in [0.15, 0.2) is 0 Å². The van der Waals surface area contributed by atoms with Crippen molar-refractivity contribution in [2.75, 3.05) is 13.2 Å². The quantitative estimate of drug-likeness (QED) is 0.334. The Morgan fingerprint density at radius 1 is 1.17 bits per heavy atom. The van der Waals surface area contributed by atoms with E-state index in [1.807, 2.05) is 24.3 Å². The summed E-state index contributed by atoms with van der Waals surface area (Å²) in [5.74, 6) is -0.0109. The second-order valence-electron chi connectivity index (χ2n) is 7.31. The summed E-state index contributed by atoms with van der Waals surface area (Å²) in [7, 11) is 0. The van der Waals surface area contributed by atoms with Gasteiger partial charge in [0.1, 0.15) is 16.6 Å². The Balaban J connectivity index is 1.86. The van der Waals surface area contributed by atoms with Gasteiger partial charge in [0.05, 0.1) is 17.1 Å². The van der Waals surface area contributed by atoms with Crippen LogP contribution >= 0.6 is 27.5 Å². The zero-order valence-corrected chi connectivity index (χ0v) is 17.8. The minimum absolute atomic E-state index is 0.208. The van der Waals surface area contributed by atoms with Crippen molar-refractivity contribution in [3.05, 3.63) is 69.7 Å². The van der Waals surface area contributed by atoms with Gasteiger partial charge in [0.25, 0.3) is 0 Å². The second kappa shape index (κ2) is 7.67. The molecule has 0 radical (unpaired) electrons. The van der Waals surface area contributed by atoms with Crippen LogP contribution in [-0.2, 0) is 4.74 Å². The van der Waals surface area contributed by atoms with Crippen molar-refractivity contribution in [1.82, 2.24) is 14.5 Å². The third-order valence-corrected chi connectivity index (χ3v) is 6.28. The lowest BCUT2D eigenvalue weighted by Gasteiger charge is -2.33. The lowest BCUT2D eigenvalue weighted by molar-refractivity contribution is 0.0548. The summed E-state index contributed by atoms with van der Waals surface area (Å²) >= 11 is 9.81. The molecule has 1 fully saturated rings. The fourth-order valence-electron chi connectivity index (χ4n) is 4.36. The summed E-state index contributed by atoms with van der Waals surface area (Å²) in [6.07, 6.45) is 3.47. The minimum atomic E-state index is -0.234. The summed E-state index contributed by atoms with van der Waals surface area (Å²) in [5.41, 5.74) is 3.11. The Morgan fingerprint density at radius 3 is 2.76 bits per heavy atom. The number of nitrogens with zero attached hydrogens (tertiary/aromatic N) is 3. The summed E-state index contributed by atoms with van der Waals surface area (Å²) in [6, 6.07) is 12.5. The number of benzene rings is 1. The predicted molar refractivity (Wildman–Crippen MR) is 116 cm³/mol. The summed E-state index contributed by atoms with van der Waals surface area (Å²) < 4.78 is 23.6. The number of rotatable bonds is 3. The molecule has 0 spiro atoms. The van der Waals surface area contributed by atoms with Gasteiger partial charge < -0.3 is 9.30 Å². The highest BCUT2D eigenvalue weighted by Crippen LogP contribution is 2.41. The lowest BCUT2D eigenvalue weighted by atomic mass is 9.86. The molecule has 0 bridgehead atoms. The first-order valence-electron chi connectivity index (χ1n) is 9.57. The van der Waals surface area contributed by atoms with Gasteiger partial charge in [0, 0.05) is 34.8 Å². The molecule has 4 aromatic rings. The molecule has 0 N–H and O–H groups in total. The smallest absolute Gasteiger partial charge is 0.144 e. The zero-order valence-electron chi connectivity index (χ0n) is 15.5. The zero-order chi connectivity index (χ0) is 20.0. The van der Waals surface area contributed by atoms with Crippen molar-refractivity contribution in [2.24, 2.45) is 5.92 Å². The monoisotopic (exact) mass is 473 g/mol. The Kier molecular flexibility index (Phi) is 5.02. The number of halogens is 3. The topological polar surface area (TPSA) is 39.9 Å². The van der Waals surface area contributed by atoms with Crippen molar-refractivity contribution in [2.45, 2.75) is 18.9 Å². The van der Waals surface area contributed by atoms with Crippen LogP contribution in [-0.4, -0.2) is 27.7 Å². The van der Waals surface area contributed by atoms with Crippen molar-refractivity contribution in [1.29, 1.82) is 0 Å². The second-order valence-corrected chi connectivity index (χ2v) is 8.62. The molecule has 3 aromatic heterocycles. The van der Waals surface area contributed by atoms with E-state index in [1.54, 1.807) is 18.3 Å². The maximum Gasteiger partial charge on any atom is 0.144 e. The fraction of sp³-hybridized carbons (Fsp3) is 0.273. The number of pyridine rings is 2. The van der Waals surface area contributed by atoms with Crippen LogP contribution in [0.3, 0.4) is 0 Å². The van der Waals surface area contributed by atoms with Gasteiger partial charge in [-0.15, -0.1) is 0 Å². The van der Waals surface area contributed by atoms with Gasteiger partial charge in [0.2, 0.25) is 0 Å². The van der Waals surface area contributed by atoms with Crippen LogP contribution in [0.5, 0.6) is 0 Å². The van der Waals surface area contributed by atoms with E-state index in [1.165, 1.54) is 6.07 Å². The first-order chi connectivity index (χ1) is 14.1. The van der Waals surface area contributed by atoms with Crippen LogP contribution in [0.2, 0.25) is 5.15 Å². The van der Waals surface area contributed by atoms with E-state index in [9.17, 15) is 0 Å². The third kappa shape index (κ3) is 3.33. The van der Waals surface area contributed by atoms with Crippen molar-refractivity contribution in [3.8, 4) is 0 Å². The SMILES string of the molecule is Fc1ccccc1[C@H](C1CCOCC1)n1c2cc(Br)cnc2c2ccc(Cl)nc21. The molecular weight excluding hydrogens is 457 g/mol. The Hall–Kier alpha value is -2.02. The van der Waals surface area contributed by atoms with E-state index in [2.05, 4.69) is 30.5 Å².